The zero-order valence-corrected chi connectivity index (χ0v) is 13.3. The highest BCUT2D eigenvalue weighted by Gasteiger charge is 2.31. The van der Waals surface area contributed by atoms with Crippen LogP contribution in [0.3, 0.4) is 0 Å². The fourth-order valence-electron chi connectivity index (χ4n) is 3.00. The Morgan fingerprint density at radius 1 is 1.17 bits per heavy atom. The van der Waals surface area contributed by atoms with Gasteiger partial charge in [-0.25, -0.2) is 9.78 Å². The molecule has 1 unspecified atom stereocenters. The molecule has 0 radical (unpaired) electrons. The summed E-state index contributed by atoms with van der Waals surface area (Å²) in [5, 5.41) is 9.04. The van der Waals surface area contributed by atoms with Crippen molar-refractivity contribution >= 4 is 11.9 Å². The second-order valence-corrected chi connectivity index (χ2v) is 5.64. The van der Waals surface area contributed by atoms with E-state index in [1.54, 1.807) is 24.1 Å². The van der Waals surface area contributed by atoms with Crippen LogP contribution in [0.2, 0.25) is 0 Å². The number of amides is 1. The number of rotatable bonds is 4. The second kappa shape index (κ2) is 6.70. The maximum Gasteiger partial charge on any atom is 0.354 e. The van der Waals surface area contributed by atoms with Gasteiger partial charge in [-0.2, -0.15) is 0 Å². The molecule has 3 rings (SSSR count). The van der Waals surface area contributed by atoms with Crippen molar-refractivity contribution in [2.75, 3.05) is 13.7 Å². The number of aromatic nitrogens is 1. The monoisotopic (exact) mass is 326 g/mol. The van der Waals surface area contributed by atoms with E-state index in [0.717, 1.165) is 24.2 Å². The fraction of sp³-hybridized carbons (Fsp3) is 0.278. The lowest BCUT2D eigenvalue weighted by Crippen LogP contribution is -2.31. The molecule has 0 saturated carbocycles. The first-order chi connectivity index (χ1) is 11.6. The summed E-state index contributed by atoms with van der Waals surface area (Å²) in [6, 6.07) is 12.1. The molecule has 0 aliphatic carbocycles. The summed E-state index contributed by atoms with van der Waals surface area (Å²) in [5.74, 6) is -0.611. The van der Waals surface area contributed by atoms with E-state index in [4.69, 9.17) is 9.84 Å². The smallest absolute Gasteiger partial charge is 0.354 e. The summed E-state index contributed by atoms with van der Waals surface area (Å²) in [6.07, 6.45) is 1.78. The summed E-state index contributed by atoms with van der Waals surface area (Å²) >= 11 is 0. The predicted octanol–water partition coefficient (Wildman–Crippen LogP) is 2.77. The lowest BCUT2D eigenvalue weighted by atomic mass is 10.0. The summed E-state index contributed by atoms with van der Waals surface area (Å²) in [7, 11) is 1.61. The minimum Gasteiger partial charge on any atom is -0.497 e. The maximum absolute atomic E-state index is 12.8. The van der Waals surface area contributed by atoms with Crippen LogP contribution >= 0.6 is 0 Å². The van der Waals surface area contributed by atoms with Gasteiger partial charge in [0.15, 0.2) is 0 Å². The standard InChI is InChI=1S/C18H18N2O4/c1-24-13-9-7-12(8-10-13)16-6-3-11-20(16)17(21)14-4-2-5-15(19-14)18(22)23/h2,4-5,7-10,16H,3,6,11H2,1H3,(H,22,23). The molecule has 24 heavy (non-hydrogen) atoms. The Morgan fingerprint density at radius 2 is 1.88 bits per heavy atom. The lowest BCUT2D eigenvalue weighted by molar-refractivity contribution is 0.0689. The Labute approximate surface area is 139 Å². The molecule has 2 aromatic rings. The van der Waals surface area contributed by atoms with E-state index in [1.807, 2.05) is 24.3 Å². The third-order valence-corrected chi connectivity index (χ3v) is 4.20. The van der Waals surface area contributed by atoms with Gasteiger partial charge < -0.3 is 14.7 Å². The number of carbonyl (C=O) groups is 2. The molecule has 1 aliphatic heterocycles. The van der Waals surface area contributed by atoms with Crippen LogP contribution in [0, 0.1) is 0 Å². The van der Waals surface area contributed by atoms with Crippen molar-refractivity contribution in [2.45, 2.75) is 18.9 Å². The number of aromatic carboxylic acids is 1. The van der Waals surface area contributed by atoms with E-state index >= 15 is 0 Å². The minimum absolute atomic E-state index is 0.0290. The van der Waals surface area contributed by atoms with Crippen molar-refractivity contribution in [3.8, 4) is 5.75 Å². The van der Waals surface area contributed by atoms with Crippen molar-refractivity contribution < 1.29 is 19.4 Å². The Bertz CT molecular complexity index is 758. The van der Waals surface area contributed by atoms with Crippen molar-refractivity contribution in [1.29, 1.82) is 0 Å². The molecule has 124 valence electrons. The highest BCUT2D eigenvalue weighted by molar-refractivity contribution is 5.94. The first-order valence-electron chi connectivity index (χ1n) is 7.75. The van der Waals surface area contributed by atoms with Crippen LogP contribution in [0.5, 0.6) is 5.75 Å². The Morgan fingerprint density at radius 3 is 2.54 bits per heavy atom. The molecule has 1 saturated heterocycles. The van der Waals surface area contributed by atoms with Gasteiger partial charge in [0.25, 0.3) is 5.91 Å². The molecule has 0 spiro atoms. The van der Waals surface area contributed by atoms with Crippen LogP contribution < -0.4 is 4.74 Å². The van der Waals surface area contributed by atoms with Crippen molar-refractivity contribution in [2.24, 2.45) is 0 Å². The van der Waals surface area contributed by atoms with Gasteiger partial charge in [-0.15, -0.1) is 0 Å². The minimum atomic E-state index is -1.14. The number of hydrogen-bond donors (Lipinski definition) is 1. The zero-order chi connectivity index (χ0) is 17.1. The number of carboxylic acids is 1. The average molecular weight is 326 g/mol. The van der Waals surface area contributed by atoms with Crippen LogP contribution in [-0.4, -0.2) is 40.5 Å². The number of likely N-dealkylation sites (tertiary alicyclic amines) is 1. The topological polar surface area (TPSA) is 79.7 Å². The summed E-state index contributed by atoms with van der Waals surface area (Å²) in [4.78, 5) is 29.5. The average Bonchev–Trinajstić information content (AvgIpc) is 3.11. The number of nitrogens with zero attached hydrogens (tertiary/aromatic N) is 2. The third kappa shape index (κ3) is 3.08. The van der Waals surface area contributed by atoms with Crippen LogP contribution in [0.15, 0.2) is 42.5 Å². The zero-order valence-electron chi connectivity index (χ0n) is 13.3. The van der Waals surface area contributed by atoms with Gasteiger partial charge in [0.2, 0.25) is 0 Å². The van der Waals surface area contributed by atoms with Gasteiger partial charge in [0.1, 0.15) is 17.1 Å². The lowest BCUT2D eigenvalue weighted by Gasteiger charge is -2.25. The van der Waals surface area contributed by atoms with Crippen LogP contribution in [0.25, 0.3) is 0 Å². The van der Waals surface area contributed by atoms with E-state index in [0.29, 0.717) is 6.54 Å². The molecule has 1 aliphatic rings. The second-order valence-electron chi connectivity index (χ2n) is 5.64. The molecule has 1 atom stereocenters. The van der Waals surface area contributed by atoms with Crippen molar-refractivity contribution in [3.63, 3.8) is 0 Å². The summed E-state index contributed by atoms with van der Waals surface area (Å²) in [5.41, 5.74) is 1.08. The predicted molar refractivity (Wildman–Crippen MR) is 87.2 cm³/mol. The molecular weight excluding hydrogens is 308 g/mol. The molecule has 1 aromatic heterocycles. The first-order valence-corrected chi connectivity index (χ1v) is 7.75. The molecule has 1 N–H and O–H groups in total. The first kappa shape index (κ1) is 16.0. The fourth-order valence-corrected chi connectivity index (χ4v) is 3.00. The largest absolute Gasteiger partial charge is 0.497 e. The quantitative estimate of drug-likeness (QED) is 0.934. The van der Waals surface area contributed by atoms with E-state index < -0.39 is 5.97 Å². The molecule has 2 heterocycles. The van der Waals surface area contributed by atoms with Crippen LogP contribution in [0.4, 0.5) is 0 Å². The number of pyridine rings is 1. The SMILES string of the molecule is COc1ccc(C2CCCN2C(=O)c2cccc(C(=O)O)n2)cc1. The number of hydrogen-bond acceptors (Lipinski definition) is 4. The van der Waals surface area contributed by atoms with Crippen LogP contribution in [0.1, 0.15) is 45.4 Å². The maximum atomic E-state index is 12.8. The third-order valence-electron chi connectivity index (χ3n) is 4.20. The highest BCUT2D eigenvalue weighted by Crippen LogP contribution is 2.33. The molecule has 0 bridgehead atoms. The van der Waals surface area contributed by atoms with Gasteiger partial charge in [-0.3, -0.25) is 4.79 Å². The molecule has 1 amide bonds. The van der Waals surface area contributed by atoms with E-state index in [9.17, 15) is 9.59 Å². The van der Waals surface area contributed by atoms with Gasteiger partial charge in [-0.1, -0.05) is 18.2 Å². The summed E-state index contributed by atoms with van der Waals surface area (Å²) < 4.78 is 5.16. The van der Waals surface area contributed by atoms with E-state index in [-0.39, 0.29) is 23.3 Å². The molecule has 6 heteroatoms. The van der Waals surface area contributed by atoms with Gasteiger partial charge >= 0.3 is 5.97 Å². The number of carboxylic acid groups (broad SMARTS) is 1. The normalized spacial score (nSPS) is 16.9. The van der Waals surface area contributed by atoms with E-state index in [2.05, 4.69) is 4.98 Å². The van der Waals surface area contributed by atoms with Gasteiger partial charge in [0, 0.05) is 6.54 Å². The summed E-state index contributed by atoms with van der Waals surface area (Å²) in [6.45, 7) is 0.633. The molecular formula is C18H18N2O4. The van der Waals surface area contributed by atoms with Gasteiger partial charge in [0.05, 0.1) is 13.2 Å². The van der Waals surface area contributed by atoms with Crippen molar-refractivity contribution in [1.82, 2.24) is 9.88 Å². The molecule has 1 aromatic carbocycles. The number of methoxy groups -OCH3 is 1. The Hall–Kier alpha value is -2.89. The van der Waals surface area contributed by atoms with Gasteiger partial charge in [-0.05, 0) is 42.7 Å². The van der Waals surface area contributed by atoms with Crippen LogP contribution in [-0.2, 0) is 0 Å². The Balaban J connectivity index is 1.85. The molecule has 6 nitrogen and oxygen atoms in total. The number of benzene rings is 1. The number of ether oxygens (including phenoxy) is 1. The van der Waals surface area contributed by atoms with E-state index in [1.165, 1.54) is 6.07 Å². The van der Waals surface area contributed by atoms with Crippen molar-refractivity contribution in [3.05, 3.63) is 59.4 Å². The Kier molecular flexibility index (Phi) is 4.46. The highest BCUT2D eigenvalue weighted by atomic mass is 16.5. The number of carbonyl (C=O) groups excluding carboxylic acids is 1. The molecule has 1 fully saturated rings.